The molecule has 4 aromatic rings. The van der Waals surface area contributed by atoms with Crippen molar-refractivity contribution in [1.82, 2.24) is 4.57 Å². The van der Waals surface area contributed by atoms with Gasteiger partial charge in [-0.05, 0) is 29.8 Å². The van der Waals surface area contributed by atoms with Crippen LogP contribution < -0.4 is 5.73 Å². The number of hydrogen-bond acceptors (Lipinski definition) is 3. The summed E-state index contributed by atoms with van der Waals surface area (Å²) in [5, 5.41) is 13.2. The highest BCUT2D eigenvalue weighted by atomic mass is 15.1. The summed E-state index contributed by atoms with van der Waals surface area (Å²) in [5.41, 5.74) is 17.2. The molecule has 1 unspecified atom stereocenters. The topological polar surface area (TPSA) is 103 Å². The van der Waals surface area contributed by atoms with E-state index in [2.05, 4.69) is 26.8 Å². The van der Waals surface area contributed by atoms with E-state index in [0.29, 0.717) is 11.4 Å². The minimum absolute atomic E-state index is 0.0621. The lowest BCUT2D eigenvalue weighted by molar-refractivity contribution is 0.783. The van der Waals surface area contributed by atoms with Crippen molar-refractivity contribution in [3.63, 3.8) is 0 Å². The Labute approximate surface area is 162 Å². The molecule has 0 bridgehead atoms. The fraction of sp³-hybridized carbons (Fsp3) is 0.0909. The average Bonchev–Trinajstić information content (AvgIpc) is 3.08. The molecule has 0 aliphatic rings. The monoisotopic (exact) mass is 368 g/mol. The first-order chi connectivity index (χ1) is 13.7. The summed E-state index contributed by atoms with van der Waals surface area (Å²) in [6.07, 6.45) is 0. The second-order valence-corrected chi connectivity index (χ2v) is 6.54. The summed E-state index contributed by atoms with van der Waals surface area (Å²) in [7, 11) is 1.70. The third-order valence-corrected chi connectivity index (χ3v) is 5.01. The molecule has 0 saturated carbocycles. The minimum Gasteiger partial charge on any atom is -0.385 e. The van der Waals surface area contributed by atoms with Gasteiger partial charge in [-0.25, -0.2) is 5.53 Å². The van der Waals surface area contributed by atoms with Crippen molar-refractivity contribution in [2.45, 2.75) is 6.04 Å². The maximum atomic E-state index is 7.89. The van der Waals surface area contributed by atoms with Gasteiger partial charge < -0.3 is 10.3 Å². The molecule has 0 amide bonds. The van der Waals surface area contributed by atoms with Crippen molar-refractivity contribution in [3.05, 3.63) is 83.9 Å². The van der Waals surface area contributed by atoms with Crippen LogP contribution in [0.1, 0.15) is 17.2 Å². The van der Waals surface area contributed by atoms with Gasteiger partial charge in [0.1, 0.15) is 11.9 Å². The number of hydrogen-bond donors (Lipinski definition) is 3. The summed E-state index contributed by atoms with van der Waals surface area (Å²) < 4.78 is 2.19. The molecule has 3 aromatic carbocycles. The van der Waals surface area contributed by atoms with E-state index < -0.39 is 0 Å². The van der Waals surface area contributed by atoms with Crippen LogP contribution in [0.25, 0.3) is 21.8 Å². The zero-order chi connectivity index (χ0) is 19.7. The second-order valence-electron chi connectivity index (χ2n) is 6.54. The zero-order valence-electron chi connectivity index (χ0n) is 15.4. The number of fused-ring (bicyclic) bond motifs is 3. The van der Waals surface area contributed by atoms with Crippen LogP contribution in [0.3, 0.4) is 0 Å². The van der Waals surface area contributed by atoms with E-state index in [-0.39, 0.29) is 11.9 Å². The third kappa shape index (κ3) is 2.75. The SMILES string of the molecule is CN=C(N)C(c1ccccc1)n1c2ccccc2c2cc(C(=N)N=N)ccc21. The smallest absolute Gasteiger partial charge is 0.173 e. The van der Waals surface area contributed by atoms with Crippen molar-refractivity contribution >= 4 is 33.5 Å². The molecule has 0 aliphatic heterocycles. The van der Waals surface area contributed by atoms with Crippen molar-refractivity contribution in [3.8, 4) is 0 Å². The minimum atomic E-state index is -0.250. The molecule has 0 spiro atoms. The van der Waals surface area contributed by atoms with Crippen molar-refractivity contribution in [2.75, 3.05) is 7.05 Å². The van der Waals surface area contributed by atoms with E-state index in [1.807, 2.05) is 60.7 Å². The molecule has 4 rings (SSSR count). The predicted molar refractivity (Wildman–Crippen MR) is 114 cm³/mol. The molecular formula is C22H20N6. The molecule has 0 saturated heterocycles. The summed E-state index contributed by atoms with van der Waals surface area (Å²) in [6.45, 7) is 0. The number of nitrogens with two attached hydrogens (primary N) is 1. The summed E-state index contributed by atoms with van der Waals surface area (Å²) in [5.74, 6) is 0.458. The van der Waals surface area contributed by atoms with Gasteiger partial charge in [0.25, 0.3) is 0 Å². The second kappa shape index (κ2) is 7.08. The van der Waals surface area contributed by atoms with Gasteiger partial charge in [-0.1, -0.05) is 48.5 Å². The van der Waals surface area contributed by atoms with Crippen molar-refractivity contribution in [2.24, 2.45) is 15.8 Å². The van der Waals surface area contributed by atoms with E-state index in [4.69, 9.17) is 16.7 Å². The van der Waals surface area contributed by atoms with Gasteiger partial charge in [0.15, 0.2) is 5.84 Å². The van der Waals surface area contributed by atoms with Crippen LogP contribution in [0.4, 0.5) is 0 Å². The Bertz CT molecular complexity index is 1220. The van der Waals surface area contributed by atoms with E-state index in [1.54, 1.807) is 7.05 Å². The van der Waals surface area contributed by atoms with E-state index >= 15 is 0 Å². The van der Waals surface area contributed by atoms with Crippen LogP contribution in [0.5, 0.6) is 0 Å². The highest BCUT2D eigenvalue weighted by molar-refractivity contribution is 6.12. The lowest BCUT2D eigenvalue weighted by Crippen LogP contribution is -2.27. The fourth-order valence-electron chi connectivity index (χ4n) is 3.70. The number of benzene rings is 3. The van der Waals surface area contributed by atoms with Crippen LogP contribution >= 0.6 is 0 Å². The standard InChI is InChI=1S/C22H20N6/c1-26-22(24)20(14-7-3-2-4-8-14)28-18-10-6-5-9-16(18)17-13-15(21(23)27-25)11-12-19(17)28/h2-13,20,23,25H,1H3,(H2,24,26). The predicted octanol–water partition coefficient (Wildman–Crippen LogP) is 4.73. The highest BCUT2D eigenvalue weighted by Gasteiger charge is 2.23. The van der Waals surface area contributed by atoms with Crippen LogP contribution in [0, 0.1) is 10.9 Å². The Balaban J connectivity index is 2.09. The number of amidine groups is 2. The molecule has 6 nitrogen and oxygen atoms in total. The summed E-state index contributed by atoms with van der Waals surface area (Å²) >= 11 is 0. The number of aromatic nitrogens is 1. The van der Waals surface area contributed by atoms with Gasteiger partial charge in [-0.15, -0.1) is 5.11 Å². The van der Waals surface area contributed by atoms with Crippen molar-refractivity contribution in [1.29, 1.82) is 10.9 Å². The molecule has 0 radical (unpaired) electrons. The first-order valence-electron chi connectivity index (χ1n) is 8.92. The van der Waals surface area contributed by atoms with Crippen LogP contribution in [-0.4, -0.2) is 23.3 Å². The Morgan fingerprint density at radius 1 is 0.929 bits per heavy atom. The summed E-state index contributed by atoms with van der Waals surface area (Å²) in [6, 6.07) is 23.6. The number of nitrogens with one attached hydrogen (secondary N) is 2. The van der Waals surface area contributed by atoms with E-state index in [1.165, 1.54) is 0 Å². The third-order valence-electron chi connectivity index (χ3n) is 5.01. The molecule has 0 fully saturated rings. The molecule has 0 aliphatic carbocycles. The van der Waals surface area contributed by atoms with Gasteiger partial charge in [-0.2, -0.15) is 0 Å². The summed E-state index contributed by atoms with van der Waals surface area (Å²) in [4.78, 5) is 4.29. The molecule has 4 N–H and O–H groups in total. The van der Waals surface area contributed by atoms with Crippen LogP contribution in [0.15, 0.2) is 82.9 Å². The van der Waals surface area contributed by atoms with Gasteiger partial charge in [0.2, 0.25) is 0 Å². The average molecular weight is 368 g/mol. The van der Waals surface area contributed by atoms with Gasteiger partial charge in [0, 0.05) is 23.4 Å². The van der Waals surface area contributed by atoms with E-state index in [0.717, 1.165) is 27.4 Å². The Morgan fingerprint density at radius 2 is 1.61 bits per heavy atom. The highest BCUT2D eigenvalue weighted by Crippen LogP contribution is 2.35. The first-order valence-corrected chi connectivity index (χ1v) is 8.92. The number of nitrogens with zero attached hydrogens (tertiary/aromatic N) is 3. The lowest BCUT2D eigenvalue weighted by Gasteiger charge is -2.21. The van der Waals surface area contributed by atoms with Crippen LogP contribution in [0.2, 0.25) is 0 Å². The maximum absolute atomic E-state index is 7.89. The van der Waals surface area contributed by atoms with Gasteiger partial charge in [0.05, 0.1) is 11.0 Å². The molecule has 138 valence electrons. The first kappa shape index (κ1) is 17.6. The zero-order valence-corrected chi connectivity index (χ0v) is 15.4. The quantitative estimate of drug-likeness (QED) is 0.271. The lowest BCUT2D eigenvalue weighted by atomic mass is 10.1. The molecule has 1 heterocycles. The normalized spacial score (nSPS) is 13.0. The number of para-hydroxylation sites is 1. The number of rotatable bonds is 4. The molecular weight excluding hydrogens is 348 g/mol. The molecule has 6 heteroatoms. The Morgan fingerprint density at radius 3 is 2.32 bits per heavy atom. The van der Waals surface area contributed by atoms with Crippen molar-refractivity contribution < 1.29 is 0 Å². The Hall–Kier alpha value is -3.80. The van der Waals surface area contributed by atoms with E-state index in [9.17, 15) is 0 Å². The maximum Gasteiger partial charge on any atom is 0.173 e. The largest absolute Gasteiger partial charge is 0.385 e. The fourth-order valence-corrected chi connectivity index (χ4v) is 3.70. The number of aliphatic imine (C=N–C) groups is 1. The molecule has 1 atom stereocenters. The van der Waals surface area contributed by atoms with Gasteiger partial charge in [-0.3, -0.25) is 10.4 Å². The molecule has 1 aromatic heterocycles. The van der Waals surface area contributed by atoms with Crippen LogP contribution in [-0.2, 0) is 0 Å². The Kier molecular flexibility index (Phi) is 4.45. The molecule has 28 heavy (non-hydrogen) atoms. The van der Waals surface area contributed by atoms with Gasteiger partial charge >= 0.3 is 0 Å².